The zero-order chi connectivity index (χ0) is 7.56. The van der Waals surface area contributed by atoms with Crippen LogP contribution in [0.4, 0.5) is 0 Å². The molecule has 0 unspecified atom stereocenters. The molecule has 1 rings (SSSR count). The van der Waals surface area contributed by atoms with E-state index in [0.29, 0.717) is 11.8 Å². The van der Waals surface area contributed by atoms with E-state index in [1.165, 1.54) is 0 Å². The van der Waals surface area contributed by atoms with Gasteiger partial charge in [0.2, 0.25) is 0 Å². The van der Waals surface area contributed by atoms with E-state index >= 15 is 0 Å². The Morgan fingerprint density at radius 2 is 2.30 bits per heavy atom. The van der Waals surface area contributed by atoms with Gasteiger partial charge in [0.1, 0.15) is 6.26 Å². The van der Waals surface area contributed by atoms with Crippen LogP contribution in [0.1, 0.15) is 25.3 Å². The Morgan fingerprint density at radius 1 is 1.60 bits per heavy atom. The van der Waals surface area contributed by atoms with Crippen molar-refractivity contribution in [3.05, 3.63) is 11.8 Å². The molecule has 0 aliphatic rings. The van der Waals surface area contributed by atoms with Gasteiger partial charge in [0.15, 0.2) is 0 Å². The van der Waals surface area contributed by atoms with Gasteiger partial charge in [-0.1, -0.05) is 13.8 Å². The van der Waals surface area contributed by atoms with Crippen LogP contribution >= 0.6 is 0 Å². The standard InChI is InChI=1S/C7H11NO2/c1-5(2)6-4-10-8-7(6)9-3/h4-5H,1-3H3. The molecule has 0 saturated carbocycles. The van der Waals surface area contributed by atoms with Crippen LogP contribution in [-0.2, 0) is 0 Å². The minimum Gasteiger partial charge on any atom is -0.479 e. The number of rotatable bonds is 2. The van der Waals surface area contributed by atoms with Crippen LogP contribution in [-0.4, -0.2) is 12.3 Å². The third-order valence-corrected chi connectivity index (χ3v) is 1.38. The molecule has 0 aromatic carbocycles. The van der Waals surface area contributed by atoms with Crippen LogP contribution < -0.4 is 4.74 Å². The van der Waals surface area contributed by atoms with Crippen molar-refractivity contribution in [3.8, 4) is 5.88 Å². The van der Waals surface area contributed by atoms with E-state index in [1.807, 2.05) is 0 Å². The van der Waals surface area contributed by atoms with Gasteiger partial charge in [0, 0.05) is 0 Å². The lowest BCUT2D eigenvalue weighted by Gasteiger charge is -2.00. The Balaban J connectivity index is 2.90. The molecule has 3 nitrogen and oxygen atoms in total. The average molecular weight is 141 g/mol. The second-order valence-corrected chi connectivity index (χ2v) is 2.43. The molecule has 1 heterocycles. The largest absolute Gasteiger partial charge is 0.479 e. The van der Waals surface area contributed by atoms with Crippen molar-refractivity contribution in [2.24, 2.45) is 0 Å². The van der Waals surface area contributed by atoms with Gasteiger partial charge in [-0.25, -0.2) is 0 Å². The van der Waals surface area contributed by atoms with E-state index in [-0.39, 0.29) is 0 Å². The van der Waals surface area contributed by atoms with Crippen molar-refractivity contribution in [1.29, 1.82) is 0 Å². The summed E-state index contributed by atoms with van der Waals surface area (Å²) < 4.78 is 9.66. The summed E-state index contributed by atoms with van der Waals surface area (Å²) in [5.74, 6) is 0.996. The molecule has 0 N–H and O–H groups in total. The van der Waals surface area contributed by atoms with Crippen molar-refractivity contribution < 1.29 is 9.26 Å². The molecule has 0 fully saturated rings. The molecule has 0 bridgehead atoms. The molecule has 1 aromatic heterocycles. The van der Waals surface area contributed by atoms with Crippen molar-refractivity contribution in [2.75, 3.05) is 7.11 Å². The molecule has 10 heavy (non-hydrogen) atoms. The minimum atomic E-state index is 0.404. The van der Waals surface area contributed by atoms with Crippen molar-refractivity contribution >= 4 is 0 Å². The second kappa shape index (κ2) is 2.73. The molecule has 56 valence electrons. The summed E-state index contributed by atoms with van der Waals surface area (Å²) >= 11 is 0. The number of hydrogen-bond donors (Lipinski definition) is 0. The van der Waals surface area contributed by atoms with E-state index in [0.717, 1.165) is 5.56 Å². The first kappa shape index (κ1) is 7.12. The van der Waals surface area contributed by atoms with Gasteiger partial charge in [0.25, 0.3) is 5.88 Å². The highest BCUT2D eigenvalue weighted by molar-refractivity contribution is 5.23. The molecule has 0 radical (unpaired) electrons. The SMILES string of the molecule is COc1nocc1C(C)C. The third-order valence-electron chi connectivity index (χ3n) is 1.38. The second-order valence-electron chi connectivity index (χ2n) is 2.43. The molecule has 0 amide bonds. The first-order chi connectivity index (χ1) is 4.75. The topological polar surface area (TPSA) is 35.3 Å². The molecular formula is C7H11NO2. The maximum absolute atomic E-state index is 4.94. The van der Waals surface area contributed by atoms with E-state index < -0.39 is 0 Å². The maximum Gasteiger partial charge on any atom is 0.257 e. The van der Waals surface area contributed by atoms with Crippen molar-refractivity contribution in [3.63, 3.8) is 0 Å². The van der Waals surface area contributed by atoms with E-state index in [4.69, 9.17) is 9.26 Å². The summed E-state index contributed by atoms with van der Waals surface area (Å²) in [6.07, 6.45) is 1.61. The molecule has 0 aliphatic heterocycles. The molecular weight excluding hydrogens is 130 g/mol. The van der Waals surface area contributed by atoms with E-state index in [9.17, 15) is 0 Å². The highest BCUT2D eigenvalue weighted by Crippen LogP contribution is 2.23. The van der Waals surface area contributed by atoms with E-state index in [1.54, 1.807) is 13.4 Å². The fourth-order valence-electron chi connectivity index (χ4n) is 0.772. The molecule has 3 heteroatoms. The monoisotopic (exact) mass is 141 g/mol. The fraction of sp³-hybridized carbons (Fsp3) is 0.571. The number of aromatic nitrogens is 1. The fourth-order valence-corrected chi connectivity index (χ4v) is 0.772. The Morgan fingerprint density at radius 3 is 2.70 bits per heavy atom. The summed E-state index contributed by atoms with van der Waals surface area (Å²) in [5.41, 5.74) is 1.02. The molecule has 0 atom stereocenters. The number of nitrogens with zero attached hydrogens (tertiary/aromatic N) is 1. The molecule has 1 aromatic rings. The zero-order valence-electron chi connectivity index (χ0n) is 6.42. The number of ether oxygens (including phenoxy) is 1. The van der Waals surface area contributed by atoms with Gasteiger partial charge in [-0.15, -0.1) is 0 Å². The lowest BCUT2D eigenvalue weighted by Crippen LogP contribution is -1.90. The minimum absolute atomic E-state index is 0.404. The van der Waals surface area contributed by atoms with E-state index in [2.05, 4.69) is 19.0 Å². The summed E-state index contributed by atoms with van der Waals surface area (Å²) in [6, 6.07) is 0. The van der Waals surface area contributed by atoms with Gasteiger partial charge in [-0.2, -0.15) is 0 Å². The summed E-state index contributed by atoms with van der Waals surface area (Å²) in [6.45, 7) is 4.13. The van der Waals surface area contributed by atoms with Crippen LogP contribution in [0.3, 0.4) is 0 Å². The maximum atomic E-state index is 4.94. The Kier molecular flexibility index (Phi) is 1.94. The predicted molar refractivity (Wildman–Crippen MR) is 37.1 cm³/mol. The van der Waals surface area contributed by atoms with Crippen LogP contribution in [0, 0.1) is 0 Å². The van der Waals surface area contributed by atoms with Gasteiger partial charge in [-0.3, -0.25) is 0 Å². The zero-order valence-corrected chi connectivity index (χ0v) is 6.42. The highest BCUT2D eigenvalue weighted by Gasteiger charge is 2.10. The number of hydrogen-bond acceptors (Lipinski definition) is 3. The van der Waals surface area contributed by atoms with Gasteiger partial charge in [0.05, 0.1) is 12.7 Å². The molecule has 0 spiro atoms. The van der Waals surface area contributed by atoms with Gasteiger partial charge >= 0.3 is 0 Å². The normalized spacial score (nSPS) is 10.4. The first-order valence-electron chi connectivity index (χ1n) is 3.24. The lowest BCUT2D eigenvalue weighted by atomic mass is 10.1. The summed E-state index contributed by atoms with van der Waals surface area (Å²) in [5, 5.41) is 3.66. The predicted octanol–water partition coefficient (Wildman–Crippen LogP) is 1.81. The van der Waals surface area contributed by atoms with Gasteiger partial charge < -0.3 is 9.26 Å². The van der Waals surface area contributed by atoms with Crippen molar-refractivity contribution in [2.45, 2.75) is 19.8 Å². The first-order valence-corrected chi connectivity index (χ1v) is 3.24. The average Bonchev–Trinajstić information content (AvgIpc) is 2.33. The number of methoxy groups -OCH3 is 1. The molecule has 0 saturated heterocycles. The summed E-state index contributed by atoms with van der Waals surface area (Å²) in [7, 11) is 1.59. The van der Waals surface area contributed by atoms with Crippen LogP contribution in [0.2, 0.25) is 0 Å². The summed E-state index contributed by atoms with van der Waals surface area (Å²) in [4.78, 5) is 0. The van der Waals surface area contributed by atoms with Gasteiger partial charge in [-0.05, 0) is 11.1 Å². The third kappa shape index (κ3) is 1.12. The van der Waals surface area contributed by atoms with Crippen LogP contribution in [0.5, 0.6) is 5.88 Å². The van der Waals surface area contributed by atoms with Crippen LogP contribution in [0.25, 0.3) is 0 Å². The Bertz CT molecular complexity index is 205. The molecule has 0 aliphatic carbocycles. The Labute approximate surface area is 60.0 Å². The Hall–Kier alpha value is -0.990. The van der Waals surface area contributed by atoms with Crippen LogP contribution in [0.15, 0.2) is 10.8 Å². The smallest absolute Gasteiger partial charge is 0.257 e. The highest BCUT2D eigenvalue weighted by atomic mass is 16.5. The van der Waals surface area contributed by atoms with Crippen molar-refractivity contribution in [1.82, 2.24) is 5.16 Å². The quantitative estimate of drug-likeness (QED) is 0.630. The lowest BCUT2D eigenvalue weighted by molar-refractivity contribution is 0.338.